The van der Waals surface area contributed by atoms with E-state index in [4.69, 9.17) is 4.74 Å². The zero-order chi connectivity index (χ0) is 20.9. The third-order valence-corrected chi connectivity index (χ3v) is 8.58. The molecular formula is C26H35NO3. The molecule has 6 rings (SSSR count). The third kappa shape index (κ3) is 3.27. The summed E-state index contributed by atoms with van der Waals surface area (Å²) in [6, 6.07) is 9.13. The summed E-state index contributed by atoms with van der Waals surface area (Å²) in [5.74, 6) is 1.64. The van der Waals surface area contributed by atoms with Gasteiger partial charge in [0, 0.05) is 13.1 Å². The van der Waals surface area contributed by atoms with Crippen molar-refractivity contribution < 1.29 is 14.3 Å². The van der Waals surface area contributed by atoms with Crippen molar-refractivity contribution in [1.82, 2.24) is 4.90 Å². The van der Waals surface area contributed by atoms with Gasteiger partial charge in [-0.2, -0.15) is 0 Å². The van der Waals surface area contributed by atoms with Crippen LogP contribution >= 0.6 is 0 Å². The van der Waals surface area contributed by atoms with Crippen LogP contribution in [-0.2, 0) is 19.7 Å². The number of piperidine rings is 1. The first kappa shape index (κ1) is 20.1. The summed E-state index contributed by atoms with van der Waals surface area (Å²) in [5.41, 5.74) is 2.78. The molecule has 0 N–H and O–H groups in total. The predicted octanol–water partition coefficient (Wildman–Crippen LogP) is 4.63. The molecule has 5 aliphatic rings. The maximum absolute atomic E-state index is 13.9. The Morgan fingerprint density at radius 2 is 1.67 bits per heavy atom. The molecule has 1 saturated heterocycles. The van der Waals surface area contributed by atoms with Crippen molar-refractivity contribution >= 4 is 11.9 Å². The van der Waals surface area contributed by atoms with Crippen LogP contribution in [0.1, 0.15) is 69.4 Å². The van der Waals surface area contributed by atoms with Gasteiger partial charge in [-0.05, 0) is 88.0 Å². The maximum atomic E-state index is 13.9. The highest BCUT2D eigenvalue weighted by molar-refractivity contribution is 5.84. The Kier molecular flexibility index (Phi) is 4.95. The van der Waals surface area contributed by atoms with Crippen molar-refractivity contribution in [1.29, 1.82) is 0 Å². The van der Waals surface area contributed by atoms with E-state index in [1.54, 1.807) is 0 Å². The summed E-state index contributed by atoms with van der Waals surface area (Å²) in [4.78, 5) is 28.1. The van der Waals surface area contributed by atoms with Gasteiger partial charge in [-0.15, -0.1) is 0 Å². The summed E-state index contributed by atoms with van der Waals surface area (Å²) in [6.45, 7) is 5.85. The van der Waals surface area contributed by atoms with E-state index < -0.39 is 0 Å². The van der Waals surface area contributed by atoms with Crippen LogP contribution in [0.25, 0.3) is 0 Å². The normalized spacial score (nSPS) is 35.5. The molecule has 4 aliphatic carbocycles. The molecule has 162 valence electrons. The first-order valence-corrected chi connectivity index (χ1v) is 12.0. The Hall–Kier alpha value is -1.84. The van der Waals surface area contributed by atoms with Gasteiger partial charge < -0.3 is 9.64 Å². The highest BCUT2D eigenvalue weighted by Crippen LogP contribution is 2.66. The molecule has 1 amide bonds. The van der Waals surface area contributed by atoms with Crippen molar-refractivity contribution in [2.75, 3.05) is 19.7 Å². The van der Waals surface area contributed by atoms with E-state index in [1.807, 2.05) is 6.92 Å². The molecule has 1 aromatic rings. The molecule has 1 aliphatic heterocycles. The number of benzene rings is 1. The van der Waals surface area contributed by atoms with E-state index in [2.05, 4.69) is 36.1 Å². The Morgan fingerprint density at radius 3 is 2.27 bits per heavy atom. The molecule has 4 nitrogen and oxygen atoms in total. The molecule has 5 fully saturated rings. The summed E-state index contributed by atoms with van der Waals surface area (Å²) in [7, 11) is 0. The first-order valence-electron chi connectivity index (χ1n) is 12.0. The van der Waals surface area contributed by atoms with Crippen LogP contribution in [0, 0.1) is 30.1 Å². The third-order valence-electron chi connectivity index (χ3n) is 8.58. The second kappa shape index (κ2) is 7.39. The minimum Gasteiger partial charge on any atom is -0.466 e. The number of nitrogens with zero attached hydrogens (tertiary/aromatic N) is 1. The van der Waals surface area contributed by atoms with Gasteiger partial charge in [0.25, 0.3) is 0 Å². The monoisotopic (exact) mass is 409 g/mol. The molecule has 4 heteroatoms. The van der Waals surface area contributed by atoms with Gasteiger partial charge in [-0.25, -0.2) is 0 Å². The molecule has 2 atom stereocenters. The van der Waals surface area contributed by atoms with Crippen LogP contribution in [0.3, 0.4) is 0 Å². The van der Waals surface area contributed by atoms with Crippen LogP contribution in [0.5, 0.6) is 0 Å². The molecule has 1 aromatic carbocycles. The number of esters is 1. The van der Waals surface area contributed by atoms with Gasteiger partial charge in [0.1, 0.15) is 0 Å². The standard InChI is InChI=1S/C26H35NO3/c1-3-30-23(28)21-8-10-27(11-9-21)24(29)26-15-19-12-20(16-26)14-25(13-19,17-26)22-6-4-18(2)5-7-22/h4-7,19-21H,3,8-17H2,1-2H3. The van der Waals surface area contributed by atoms with E-state index in [0.717, 1.165) is 32.1 Å². The van der Waals surface area contributed by atoms with Crippen molar-refractivity contribution in [2.45, 2.75) is 70.6 Å². The van der Waals surface area contributed by atoms with E-state index in [-0.39, 0.29) is 22.7 Å². The Labute approximate surface area is 180 Å². The van der Waals surface area contributed by atoms with Gasteiger partial charge in [0.2, 0.25) is 5.91 Å². The molecule has 0 spiro atoms. The minimum atomic E-state index is -0.175. The van der Waals surface area contributed by atoms with Gasteiger partial charge in [-0.3, -0.25) is 9.59 Å². The summed E-state index contributed by atoms with van der Waals surface area (Å²) < 4.78 is 5.21. The number of rotatable bonds is 4. The molecule has 1 heterocycles. The van der Waals surface area contributed by atoms with Gasteiger partial charge in [-0.1, -0.05) is 29.8 Å². The molecule has 4 saturated carbocycles. The lowest BCUT2D eigenvalue weighted by Crippen LogP contribution is -2.60. The predicted molar refractivity (Wildman–Crippen MR) is 116 cm³/mol. The zero-order valence-electron chi connectivity index (χ0n) is 18.5. The highest BCUT2D eigenvalue weighted by atomic mass is 16.5. The Balaban J connectivity index is 1.35. The molecule has 2 unspecified atom stereocenters. The smallest absolute Gasteiger partial charge is 0.309 e. The first-order chi connectivity index (χ1) is 14.4. The van der Waals surface area contributed by atoms with Crippen LogP contribution in [0.4, 0.5) is 0 Å². The SMILES string of the molecule is CCOC(=O)C1CCN(C(=O)C23CC4CC(C2)CC(c2ccc(C)cc2)(C4)C3)CC1. The van der Waals surface area contributed by atoms with Crippen molar-refractivity contribution in [3.05, 3.63) is 35.4 Å². The number of aryl methyl sites for hydroxylation is 1. The quantitative estimate of drug-likeness (QED) is 0.681. The molecule has 30 heavy (non-hydrogen) atoms. The average molecular weight is 410 g/mol. The summed E-state index contributed by atoms with van der Waals surface area (Å²) in [6.07, 6.45) is 8.49. The van der Waals surface area contributed by atoms with E-state index >= 15 is 0 Å². The second-order valence-electron chi connectivity index (χ2n) is 10.7. The lowest BCUT2D eigenvalue weighted by atomic mass is 9.42. The number of carbonyl (C=O) groups is 2. The molecule has 0 aromatic heterocycles. The number of hydrogen-bond acceptors (Lipinski definition) is 3. The fraction of sp³-hybridized carbons (Fsp3) is 0.692. The van der Waals surface area contributed by atoms with Crippen molar-refractivity contribution in [3.63, 3.8) is 0 Å². The van der Waals surface area contributed by atoms with Gasteiger partial charge in [0.15, 0.2) is 0 Å². The number of ether oxygens (including phenoxy) is 1. The van der Waals surface area contributed by atoms with Crippen LogP contribution in [-0.4, -0.2) is 36.5 Å². The fourth-order valence-corrected chi connectivity index (χ4v) is 7.67. The maximum Gasteiger partial charge on any atom is 0.309 e. The summed E-state index contributed by atoms with van der Waals surface area (Å²) in [5, 5.41) is 0. The van der Waals surface area contributed by atoms with Crippen molar-refractivity contribution in [2.24, 2.45) is 23.2 Å². The van der Waals surface area contributed by atoms with E-state index in [1.165, 1.54) is 30.4 Å². The number of likely N-dealkylation sites (tertiary alicyclic amines) is 1. The average Bonchev–Trinajstić information content (AvgIpc) is 2.73. The van der Waals surface area contributed by atoms with Gasteiger partial charge >= 0.3 is 5.97 Å². The number of amides is 1. The highest BCUT2D eigenvalue weighted by Gasteiger charge is 2.61. The molecule has 0 radical (unpaired) electrons. The fourth-order valence-electron chi connectivity index (χ4n) is 7.67. The number of carbonyl (C=O) groups excluding carboxylic acids is 2. The van der Waals surface area contributed by atoms with E-state index in [0.29, 0.717) is 37.4 Å². The van der Waals surface area contributed by atoms with Gasteiger partial charge in [0.05, 0.1) is 17.9 Å². The second-order valence-corrected chi connectivity index (χ2v) is 10.7. The lowest BCUT2D eigenvalue weighted by molar-refractivity contribution is -0.164. The van der Waals surface area contributed by atoms with Crippen LogP contribution in [0.15, 0.2) is 24.3 Å². The Bertz CT molecular complexity index is 807. The molecule has 4 bridgehead atoms. The lowest BCUT2D eigenvalue weighted by Gasteiger charge is -2.62. The van der Waals surface area contributed by atoms with E-state index in [9.17, 15) is 9.59 Å². The molecular weight excluding hydrogens is 374 g/mol. The largest absolute Gasteiger partial charge is 0.466 e. The Morgan fingerprint density at radius 1 is 1.03 bits per heavy atom. The zero-order valence-corrected chi connectivity index (χ0v) is 18.5. The van der Waals surface area contributed by atoms with Crippen LogP contribution in [0.2, 0.25) is 0 Å². The topological polar surface area (TPSA) is 46.6 Å². The minimum absolute atomic E-state index is 0.0377. The van der Waals surface area contributed by atoms with Crippen LogP contribution < -0.4 is 0 Å². The summed E-state index contributed by atoms with van der Waals surface area (Å²) >= 11 is 0. The van der Waals surface area contributed by atoms with Crippen molar-refractivity contribution in [3.8, 4) is 0 Å². The number of hydrogen-bond donors (Lipinski definition) is 0.